The first-order valence-corrected chi connectivity index (χ1v) is 8.46. The van der Waals surface area contributed by atoms with Crippen LogP contribution in [-0.2, 0) is 0 Å². The molecule has 3 nitrogen and oxygen atoms in total. The SMILES string of the molecule is C#C[C@]1(O)CC[C@@H]2[C@@H]3CC(=O)c4cc(O)ccc4[C@@H]3CC[C@@]21C. The molecule has 2 saturated carbocycles. The van der Waals surface area contributed by atoms with Crippen molar-refractivity contribution in [3.63, 3.8) is 0 Å². The molecule has 0 aliphatic heterocycles. The lowest BCUT2D eigenvalue weighted by atomic mass is 9.53. The Hall–Kier alpha value is -1.79. The highest BCUT2D eigenvalue weighted by atomic mass is 16.3. The maximum absolute atomic E-state index is 12.6. The van der Waals surface area contributed by atoms with Crippen LogP contribution in [0.3, 0.4) is 0 Å². The lowest BCUT2D eigenvalue weighted by Gasteiger charge is -2.51. The molecular weight excluding hydrogens is 288 g/mol. The third kappa shape index (κ3) is 1.79. The summed E-state index contributed by atoms with van der Waals surface area (Å²) in [6.45, 7) is 2.11. The van der Waals surface area contributed by atoms with E-state index in [2.05, 4.69) is 12.8 Å². The molecule has 1 aromatic carbocycles. The summed E-state index contributed by atoms with van der Waals surface area (Å²) in [5.41, 5.74) is 0.417. The van der Waals surface area contributed by atoms with E-state index in [9.17, 15) is 15.0 Å². The normalized spacial score (nSPS) is 41.6. The van der Waals surface area contributed by atoms with Gasteiger partial charge in [0.25, 0.3) is 0 Å². The van der Waals surface area contributed by atoms with Crippen molar-refractivity contribution in [2.45, 2.75) is 50.5 Å². The number of aliphatic hydroxyl groups is 1. The molecule has 3 heteroatoms. The number of Topliss-reactive ketones (excluding diaryl/α,β-unsaturated/α-hetero) is 1. The largest absolute Gasteiger partial charge is 0.508 e. The summed E-state index contributed by atoms with van der Waals surface area (Å²) in [6.07, 6.45) is 9.49. The van der Waals surface area contributed by atoms with E-state index in [0.29, 0.717) is 24.3 Å². The number of carbonyl (C=O) groups is 1. The molecule has 0 radical (unpaired) electrons. The summed E-state index contributed by atoms with van der Waals surface area (Å²) >= 11 is 0. The number of ketones is 1. The Bertz CT molecular complexity index is 731. The van der Waals surface area contributed by atoms with Gasteiger partial charge < -0.3 is 10.2 Å². The standard InChI is InChI=1S/C20H22O3/c1-3-20(23)9-7-17-15-11-18(22)16-10-12(21)4-5-13(16)14(15)6-8-19(17,20)2/h1,4-5,10,14-15,17,21,23H,6-9,11H2,2H3/t14-,15+,17+,19-,20-/m0/s1. The predicted octanol–water partition coefficient (Wildman–Crippen LogP) is 3.25. The Morgan fingerprint density at radius 2 is 2.09 bits per heavy atom. The van der Waals surface area contributed by atoms with E-state index in [4.69, 9.17) is 6.42 Å². The molecule has 0 spiro atoms. The molecule has 23 heavy (non-hydrogen) atoms. The van der Waals surface area contributed by atoms with Gasteiger partial charge >= 0.3 is 0 Å². The minimum Gasteiger partial charge on any atom is -0.508 e. The van der Waals surface area contributed by atoms with Gasteiger partial charge in [0.2, 0.25) is 0 Å². The zero-order valence-electron chi connectivity index (χ0n) is 13.4. The number of aromatic hydroxyl groups is 1. The third-order valence-corrected chi connectivity index (χ3v) is 6.99. The van der Waals surface area contributed by atoms with E-state index in [1.54, 1.807) is 12.1 Å². The van der Waals surface area contributed by atoms with Gasteiger partial charge in [0.15, 0.2) is 5.78 Å². The Labute approximate surface area is 136 Å². The predicted molar refractivity (Wildman–Crippen MR) is 87.1 cm³/mol. The zero-order chi connectivity index (χ0) is 16.4. The average Bonchev–Trinajstić information content (AvgIpc) is 2.80. The summed E-state index contributed by atoms with van der Waals surface area (Å²) in [5.74, 6) is 3.78. The Morgan fingerprint density at radius 1 is 1.30 bits per heavy atom. The number of hydrogen-bond donors (Lipinski definition) is 2. The molecule has 1 aromatic rings. The molecule has 2 fully saturated rings. The first kappa shape index (κ1) is 14.8. The van der Waals surface area contributed by atoms with E-state index in [1.165, 1.54) is 0 Å². The van der Waals surface area contributed by atoms with Crippen LogP contribution in [0.5, 0.6) is 5.75 Å². The van der Waals surface area contributed by atoms with Crippen molar-refractivity contribution >= 4 is 5.78 Å². The van der Waals surface area contributed by atoms with Crippen molar-refractivity contribution in [2.24, 2.45) is 17.3 Å². The molecule has 0 unspecified atom stereocenters. The number of hydrogen-bond acceptors (Lipinski definition) is 3. The summed E-state index contributed by atoms with van der Waals surface area (Å²) in [5, 5.41) is 20.6. The minimum atomic E-state index is -1.04. The Morgan fingerprint density at radius 3 is 2.83 bits per heavy atom. The van der Waals surface area contributed by atoms with Crippen molar-refractivity contribution in [3.8, 4) is 18.1 Å². The van der Waals surface area contributed by atoms with Gasteiger partial charge in [-0.15, -0.1) is 6.42 Å². The van der Waals surface area contributed by atoms with Crippen molar-refractivity contribution < 1.29 is 15.0 Å². The van der Waals surface area contributed by atoms with E-state index >= 15 is 0 Å². The fourth-order valence-electron chi connectivity index (χ4n) is 5.64. The monoisotopic (exact) mass is 310 g/mol. The van der Waals surface area contributed by atoms with Gasteiger partial charge in [-0.25, -0.2) is 0 Å². The second-order valence-electron chi connectivity index (χ2n) is 7.78. The third-order valence-electron chi connectivity index (χ3n) is 6.99. The number of phenols is 1. The smallest absolute Gasteiger partial charge is 0.163 e. The first-order valence-electron chi connectivity index (χ1n) is 8.46. The fraction of sp³-hybridized carbons (Fsp3) is 0.550. The summed E-state index contributed by atoms with van der Waals surface area (Å²) in [7, 11) is 0. The molecule has 4 rings (SSSR count). The fourth-order valence-corrected chi connectivity index (χ4v) is 5.64. The molecule has 5 atom stereocenters. The van der Waals surface area contributed by atoms with Gasteiger partial charge in [-0.2, -0.15) is 0 Å². The van der Waals surface area contributed by atoms with E-state index < -0.39 is 5.60 Å². The van der Waals surface area contributed by atoms with Crippen LogP contribution in [0.25, 0.3) is 0 Å². The quantitative estimate of drug-likeness (QED) is 0.723. The van der Waals surface area contributed by atoms with Crippen LogP contribution in [0, 0.1) is 29.6 Å². The van der Waals surface area contributed by atoms with Crippen LogP contribution >= 0.6 is 0 Å². The molecule has 0 bridgehead atoms. The number of terminal acetylenes is 1. The highest BCUT2D eigenvalue weighted by molar-refractivity contribution is 5.99. The molecule has 0 heterocycles. The zero-order valence-corrected chi connectivity index (χ0v) is 13.4. The van der Waals surface area contributed by atoms with Crippen LogP contribution in [-0.4, -0.2) is 21.6 Å². The van der Waals surface area contributed by atoms with E-state index in [1.807, 2.05) is 6.07 Å². The maximum Gasteiger partial charge on any atom is 0.163 e. The topological polar surface area (TPSA) is 57.5 Å². The van der Waals surface area contributed by atoms with Gasteiger partial charge in [0, 0.05) is 17.4 Å². The maximum atomic E-state index is 12.6. The van der Waals surface area contributed by atoms with E-state index in [0.717, 1.165) is 24.8 Å². The molecule has 0 amide bonds. The molecule has 120 valence electrons. The van der Waals surface area contributed by atoms with Crippen LogP contribution in [0.1, 0.15) is 60.9 Å². The first-order chi connectivity index (χ1) is 10.9. The Balaban J connectivity index is 1.77. The van der Waals surface area contributed by atoms with Crippen molar-refractivity contribution in [1.29, 1.82) is 0 Å². The second kappa shape index (κ2) is 4.61. The van der Waals surface area contributed by atoms with Gasteiger partial charge in [0.05, 0.1) is 0 Å². The number of benzene rings is 1. The van der Waals surface area contributed by atoms with Gasteiger partial charge in [-0.1, -0.05) is 18.9 Å². The van der Waals surface area contributed by atoms with Crippen LogP contribution in [0.2, 0.25) is 0 Å². The summed E-state index contributed by atoms with van der Waals surface area (Å²) in [4.78, 5) is 12.6. The van der Waals surface area contributed by atoms with Gasteiger partial charge in [0.1, 0.15) is 11.4 Å². The Kier molecular flexibility index (Phi) is 2.96. The molecule has 0 saturated heterocycles. The van der Waals surface area contributed by atoms with E-state index in [-0.39, 0.29) is 28.8 Å². The lowest BCUT2D eigenvalue weighted by molar-refractivity contribution is -0.0629. The average molecular weight is 310 g/mol. The lowest BCUT2D eigenvalue weighted by Crippen LogP contribution is -2.50. The van der Waals surface area contributed by atoms with Crippen molar-refractivity contribution in [2.75, 3.05) is 0 Å². The molecule has 2 N–H and O–H groups in total. The van der Waals surface area contributed by atoms with Crippen LogP contribution in [0.4, 0.5) is 0 Å². The van der Waals surface area contributed by atoms with Crippen molar-refractivity contribution in [3.05, 3.63) is 29.3 Å². The van der Waals surface area contributed by atoms with Crippen LogP contribution < -0.4 is 0 Å². The number of carbonyl (C=O) groups excluding carboxylic acids is 1. The number of rotatable bonds is 0. The molecule has 3 aliphatic rings. The van der Waals surface area contributed by atoms with Crippen LogP contribution in [0.15, 0.2) is 18.2 Å². The highest BCUT2D eigenvalue weighted by Crippen LogP contribution is 2.64. The summed E-state index contributed by atoms with van der Waals surface area (Å²) in [6, 6.07) is 5.19. The molecule has 0 aromatic heterocycles. The second-order valence-corrected chi connectivity index (χ2v) is 7.78. The van der Waals surface area contributed by atoms with Crippen molar-refractivity contribution in [1.82, 2.24) is 0 Å². The number of fused-ring (bicyclic) bond motifs is 5. The molecule has 3 aliphatic carbocycles. The summed E-state index contributed by atoms with van der Waals surface area (Å²) < 4.78 is 0. The minimum absolute atomic E-state index is 0.109. The van der Waals surface area contributed by atoms with Gasteiger partial charge in [-0.05, 0) is 61.1 Å². The number of phenolic OH excluding ortho intramolecular Hbond substituents is 1. The van der Waals surface area contributed by atoms with Gasteiger partial charge in [-0.3, -0.25) is 4.79 Å². The molecular formula is C20H22O3. The highest BCUT2D eigenvalue weighted by Gasteiger charge is 2.61.